The molecule has 138 valence electrons. The van der Waals surface area contributed by atoms with E-state index < -0.39 is 14.9 Å². The maximum absolute atomic E-state index is 12.4. The van der Waals surface area contributed by atoms with Crippen molar-refractivity contribution in [3.05, 3.63) is 34.4 Å². The number of nitrogens with one attached hydrogen (secondary N) is 1. The summed E-state index contributed by atoms with van der Waals surface area (Å²) in [4.78, 5) is 23.6. The van der Waals surface area contributed by atoms with Crippen molar-refractivity contribution in [2.24, 2.45) is 0 Å². The Morgan fingerprint density at radius 1 is 1.32 bits per heavy atom. The quantitative estimate of drug-likeness (QED) is 0.562. The number of sulfonamides is 1. The molecule has 1 saturated heterocycles. The number of carbonyl (C=O) groups excluding carboxylic acids is 1. The van der Waals surface area contributed by atoms with Crippen LogP contribution in [0.3, 0.4) is 0 Å². The average Bonchev–Trinajstić information content (AvgIpc) is 2.60. The fourth-order valence-corrected chi connectivity index (χ4v) is 3.93. The van der Waals surface area contributed by atoms with E-state index in [-0.39, 0.29) is 22.5 Å². The molecule has 0 aliphatic carbocycles. The van der Waals surface area contributed by atoms with Crippen molar-refractivity contribution in [2.45, 2.75) is 30.2 Å². The first-order chi connectivity index (χ1) is 11.8. The number of nitro benzene ring substituents is 1. The molecule has 1 aliphatic heterocycles. The Bertz CT molecular complexity index is 711. The van der Waals surface area contributed by atoms with Crippen LogP contribution >= 0.6 is 0 Å². The molecule has 1 N–H and O–H groups in total. The van der Waals surface area contributed by atoms with Gasteiger partial charge in [-0.15, -0.1) is 0 Å². The molecule has 0 spiro atoms. The molecule has 0 unspecified atom stereocenters. The van der Waals surface area contributed by atoms with Crippen LogP contribution in [0.15, 0.2) is 29.2 Å². The van der Waals surface area contributed by atoms with E-state index in [4.69, 9.17) is 4.74 Å². The Morgan fingerprint density at radius 3 is 2.44 bits per heavy atom. The van der Waals surface area contributed by atoms with E-state index in [1.807, 2.05) is 0 Å². The molecule has 25 heavy (non-hydrogen) atoms. The molecule has 1 aromatic carbocycles. The van der Waals surface area contributed by atoms with E-state index in [2.05, 4.69) is 4.72 Å². The lowest BCUT2D eigenvalue weighted by Crippen LogP contribution is -2.46. The second-order valence-electron chi connectivity index (χ2n) is 5.77. The molecule has 9 nitrogen and oxygen atoms in total. The minimum absolute atomic E-state index is 0.00136. The molecule has 0 bridgehead atoms. The molecule has 1 heterocycles. The van der Waals surface area contributed by atoms with Crippen LogP contribution in [0.5, 0.6) is 0 Å². The lowest BCUT2D eigenvalue weighted by Gasteiger charge is -2.32. The highest BCUT2D eigenvalue weighted by Crippen LogP contribution is 2.18. The number of amides is 1. The topological polar surface area (TPSA) is 119 Å². The summed E-state index contributed by atoms with van der Waals surface area (Å²) in [5.74, 6) is -0.00136. The summed E-state index contributed by atoms with van der Waals surface area (Å²) in [6, 6.07) is 4.47. The van der Waals surface area contributed by atoms with E-state index in [0.717, 1.165) is 12.1 Å². The number of ether oxygens (including phenoxy) is 1. The fraction of sp³-hybridized carbons (Fsp3) is 0.533. The first-order valence-corrected chi connectivity index (χ1v) is 9.35. The number of benzene rings is 1. The van der Waals surface area contributed by atoms with Crippen LogP contribution in [0.25, 0.3) is 0 Å². The zero-order chi connectivity index (χ0) is 18.4. The highest BCUT2D eigenvalue weighted by molar-refractivity contribution is 7.89. The molecule has 1 fully saturated rings. The molecule has 0 saturated carbocycles. The van der Waals surface area contributed by atoms with Crippen molar-refractivity contribution < 1.29 is 22.9 Å². The van der Waals surface area contributed by atoms with Crippen LogP contribution in [0.4, 0.5) is 5.69 Å². The fourth-order valence-electron chi connectivity index (χ4n) is 2.63. The molecular weight excluding hydrogens is 350 g/mol. The molecule has 0 radical (unpaired) electrons. The zero-order valence-corrected chi connectivity index (χ0v) is 14.7. The largest absolute Gasteiger partial charge is 0.384 e. The Hall–Kier alpha value is -2.04. The maximum Gasteiger partial charge on any atom is 0.269 e. The number of hydrogen-bond donors (Lipinski definition) is 1. The van der Waals surface area contributed by atoms with Crippen LogP contribution in [-0.2, 0) is 19.6 Å². The van der Waals surface area contributed by atoms with Crippen LogP contribution in [0.1, 0.15) is 19.3 Å². The number of hydrogen-bond acceptors (Lipinski definition) is 6. The van der Waals surface area contributed by atoms with Gasteiger partial charge in [0.25, 0.3) is 5.69 Å². The molecule has 1 aliphatic rings. The molecule has 0 aromatic heterocycles. The van der Waals surface area contributed by atoms with Crippen molar-refractivity contribution in [3.63, 3.8) is 0 Å². The standard InChI is InChI=1S/C15H21N3O6S/c1-24-11-8-15(19)17-9-6-12(7-10-17)16-25(22,23)14-4-2-13(3-5-14)18(20)21/h2-5,12,16H,6-11H2,1H3. The van der Waals surface area contributed by atoms with Crippen molar-refractivity contribution in [3.8, 4) is 0 Å². The predicted octanol–water partition coefficient (Wildman–Crippen LogP) is 0.901. The van der Waals surface area contributed by atoms with Gasteiger partial charge in [-0.05, 0) is 25.0 Å². The summed E-state index contributed by atoms with van der Waals surface area (Å²) in [7, 11) is -2.22. The molecule has 0 atom stereocenters. The number of nitro groups is 1. The van der Waals surface area contributed by atoms with Gasteiger partial charge < -0.3 is 9.64 Å². The first-order valence-electron chi connectivity index (χ1n) is 7.87. The summed E-state index contributed by atoms with van der Waals surface area (Å²) in [6.45, 7) is 1.33. The van der Waals surface area contributed by atoms with E-state index in [0.29, 0.717) is 39.0 Å². The second kappa shape index (κ2) is 8.37. The molecular formula is C15H21N3O6S. The predicted molar refractivity (Wildman–Crippen MR) is 89.5 cm³/mol. The molecule has 1 amide bonds. The molecule has 10 heteroatoms. The Labute approximate surface area is 146 Å². The average molecular weight is 371 g/mol. The van der Waals surface area contributed by atoms with Gasteiger partial charge in [-0.2, -0.15) is 0 Å². The summed E-state index contributed by atoms with van der Waals surface area (Å²) in [5, 5.41) is 10.6. The third-order valence-corrected chi connectivity index (χ3v) is 5.58. The van der Waals surface area contributed by atoms with Crippen LogP contribution < -0.4 is 4.72 Å². The summed E-state index contributed by atoms with van der Waals surface area (Å²) in [5.41, 5.74) is -0.165. The molecule has 1 aromatic rings. The molecule has 2 rings (SSSR count). The lowest BCUT2D eigenvalue weighted by molar-refractivity contribution is -0.384. The number of non-ortho nitro benzene ring substituents is 1. The summed E-state index contributed by atoms with van der Waals surface area (Å²) >= 11 is 0. The van der Waals surface area contributed by atoms with E-state index in [9.17, 15) is 23.3 Å². The smallest absolute Gasteiger partial charge is 0.269 e. The minimum atomic E-state index is -3.75. The number of methoxy groups -OCH3 is 1. The zero-order valence-electron chi connectivity index (χ0n) is 13.9. The van der Waals surface area contributed by atoms with Gasteiger partial charge in [0, 0.05) is 38.4 Å². The van der Waals surface area contributed by atoms with Crippen LogP contribution in [-0.4, -0.2) is 57.0 Å². The van der Waals surface area contributed by atoms with Gasteiger partial charge in [0.1, 0.15) is 0 Å². The third-order valence-electron chi connectivity index (χ3n) is 4.05. The normalized spacial score (nSPS) is 16.0. The highest BCUT2D eigenvalue weighted by Gasteiger charge is 2.26. The van der Waals surface area contributed by atoms with E-state index in [1.54, 1.807) is 4.90 Å². The van der Waals surface area contributed by atoms with Gasteiger partial charge in [-0.25, -0.2) is 13.1 Å². The van der Waals surface area contributed by atoms with E-state index >= 15 is 0 Å². The second-order valence-corrected chi connectivity index (χ2v) is 7.48. The van der Waals surface area contributed by atoms with Gasteiger partial charge >= 0.3 is 0 Å². The van der Waals surface area contributed by atoms with Gasteiger partial charge in [-0.1, -0.05) is 0 Å². The Balaban J connectivity index is 1.92. The van der Waals surface area contributed by atoms with Crippen LogP contribution in [0.2, 0.25) is 0 Å². The maximum atomic E-state index is 12.4. The first kappa shape index (κ1) is 19.3. The Kier molecular flexibility index (Phi) is 6.45. The SMILES string of the molecule is COCCC(=O)N1CCC(NS(=O)(=O)c2ccc([N+](=O)[O-])cc2)CC1. The number of nitrogens with zero attached hydrogens (tertiary/aromatic N) is 2. The van der Waals surface area contributed by atoms with Crippen molar-refractivity contribution >= 4 is 21.6 Å². The summed E-state index contributed by atoms with van der Waals surface area (Å²) in [6.07, 6.45) is 1.35. The van der Waals surface area contributed by atoms with Gasteiger partial charge in [-0.3, -0.25) is 14.9 Å². The van der Waals surface area contributed by atoms with Crippen molar-refractivity contribution in [1.82, 2.24) is 9.62 Å². The minimum Gasteiger partial charge on any atom is -0.384 e. The van der Waals surface area contributed by atoms with Gasteiger partial charge in [0.15, 0.2) is 0 Å². The van der Waals surface area contributed by atoms with Gasteiger partial charge in [0.05, 0.1) is 22.8 Å². The monoisotopic (exact) mass is 371 g/mol. The highest BCUT2D eigenvalue weighted by atomic mass is 32.2. The third kappa shape index (κ3) is 5.21. The number of rotatable bonds is 7. The number of carbonyl (C=O) groups is 1. The summed E-state index contributed by atoms with van der Waals surface area (Å²) < 4.78 is 32.2. The van der Waals surface area contributed by atoms with E-state index in [1.165, 1.54) is 19.2 Å². The van der Waals surface area contributed by atoms with Crippen molar-refractivity contribution in [2.75, 3.05) is 26.8 Å². The lowest BCUT2D eigenvalue weighted by atomic mass is 10.1. The number of likely N-dealkylation sites (tertiary alicyclic amines) is 1. The van der Waals surface area contributed by atoms with Crippen molar-refractivity contribution in [1.29, 1.82) is 0 Å². The van der Waals surface area contributed by atoms with Gasteiger partial charge in [0.2, 0.25) is 15.9 Å². The Morgan fingerprint density at radius 2 is 1.92 bits per heavy atom. The van der Waals surface area contributed by atoms with Crippen LogP contribution in [0, 0.1) is 10.1 Å². The number of piperidine rings is 1.